The van der Waals surface area contributed by atoms with Gasteiger partial charge < -0.3 is 5.32 Å². The van der Waals surface area contributed by atoms with E-state index in [1.807, 2.05) is 6.92 Å². The highest BCUT2D eigenvalue weighted by Gasteiger charge is 2.00. The molecule has 0 radical (unpaired) electrons. The molecule has 0 heterocycles. The van der Waals surface area contributed by atoms with Crippen LogP contribution >= 0.6 is 12.2 Å². The Labute approximate surface area is 97.2 Å². The number of hydrogen-bond donors (Lipinski definition) is 3. The molecule has 0 aromatic heterocycles. The summed E-state index contributed by atoms with van der Waals surface area (Å²) in [7, 11) is 0. The average molecular weight is 231 g/mol. The number of thiocarbonyl (C=S) groups is 1. The van der Waals surface area contributed by atoms with Gasteiger partial charge in [-0.3, -0.25) is 15.6 Å². The minimum atomic E-state index is -0.00800. The van der Waals surface area contributed by atoms with E-state index in [0.29, 0.717) is 11.5 Å². The van der Waals surface area contributed by atoms with E-state index in [2.05, 4.69) is 23.1 Å². The molecule has 0 bridgehead atoms. The second-order valence-corrected chi connectivity index (χ2v) is 3.75. The molecule has 0 atom stereocenters. The molecule has 0 spiro atoms. The predicted molar refractivity (Wildman–Crippen MR) is 66.3 cm³/mol. The van der Waals surface area contributed by atoms with Gasteiger partial charge in [0.1, 0.15) is 0 Å². The standard InChI is InChI=1S/C10H21N3OS/c1-3-5-6-7-8-9(14)12-13-10(15)11-4-2/h3-8H2,1-2H3,(H,12,14)(H2,11,13,15). The Morgan fingerprint density at radius 3 is 2.47 bits per heavy atom. The predicted octanol–water partition coefficient (Wildman–Crippen LogP) is 1.47. The fourth-order valence-corrected chi connectivity index (χ4v) is 1.30. The SMILES string of the molecule is CCCCCCC(=O)NNC(=S)NCC. The molecule has 5 heteroatoms. The lowest BCUT2D eigenvalue weighted by Gasteiger charge is -2.09. The number of nitrogens with one attached hydrogen (secondary N) is 3. The molecular formula is C10H21N3OS. The van der Waals surface area contributed by atoms with Gasteiger partial charge in [0.15, 0.2) is 5.11 Å². The third-order valence-corrected chi connectivity index (χ3v) is 2.16. The van der Waals surface area contributed by atoms with Crippen molar-refractivity contribution in [2.24, 2.45) is 0 Å². The van der Waals surface area contributed by atoms with Crippen LogP contribution in [0.25, 0.3) is 0 Å². The van der Waals surface area contributed by atoms with Crippen LogP contribution in [-0.2, 0) is 4.79 Å². The lowest BCUT2D eigenvalue weighted by Crippen LogP contribution is -2.46. The van der Waals surface area contributed by atoms with Gasteiger partial charge in [-0.25, -0.2) is 0 Å². The minimum absolute atomic E-state index is 0.00800. The first-order valence-electron chi connectivity index (χ1n) is 5.53. The maximum atomic E-state index is 11.3. The minimum Gasteiger partial charge on any atom is -0.362 e. The molecule has 0 aliphatic heterocycles. The molecule has 0 aliphatic rings. The second-order valence-electron chi connectivity index (χ2n) is 3.34. The zero-order valence-corrected chi connectivity index (χ0v) is 10.4. The molecule has 0 aromatic rings. The van der Waals surface area contributed by atoms with E-state index in [-0.39, 0.29) is 5.91 Å². The van der Waals surface area contributed by atoms with E-state index >= 15 is 0 Å². The maximum absolute atomic E-state index is 11.3. The topological polar surface area (TPSA) is 53.2 Å². The summed E-state index contributed by atoms with van der Waals surface area (Å²) in [6.45, 7) is 4.84. The van der Waals surface area contributed by atoms with Gasteiger partial charge in [-0.1, -0.05) is 26.2 Å². The van der Waals surface area contributed by atoms with Gasteiger partial charge in [-0.15, -0.1) is 0 Å². The fourth-order valence-electron chi connectivity index (χ4n) is 1.11. The van der Waals surface area contributed by atoms with Crippen molar-refractivity contribution in [3.63, 3.8) is 0 Å². The van der Waals surface area contributed by atoms with Crippen molar-refractivity contribution in [1.29, 1.82) is 0 Å². The quantitative estimate of drug-likeness (QED) is 0.368. The first-order chi connectivity index (χ1) is 7.20. The Kier molecular flexibility index (Phi) is 9.16. The molecule has 1 amide bonds. The Morgan fingerprint density at radius 2 is 1.87 bits per heavy atom. The van der Waals surface area contributed by atoms with Crippen LogP contribution in [0, 0.1) is 0 Å². The van der Waals surface area contributed by atoms with Crippen LogP contribution in [0.1, 0.15) is 46.0 Å². The van der Waals surface area contributed by atoms with Crippen molar-refractivity contribution in [2.75, 3.05) is 6.54 Å². The van der Waals surface area contributed by atoms with Gasteiger partial charge in [0.2, 0.25) is 5.91 Å². The van der Waals surface area contributed by atoms with Crippen LogP contribution in [0.2, 0.25) is 0 Å². The van der Waals surface area contributed by atoms with E-state index in [1.165, 1.54) is 12.8 Å². The van der Waals surface area contributed by atoms with Crippen LogP contribution in [0.3, 0.4) is 0 Å². The van der Waals surface area contributed by atoms with Crippen LogP contribution in [-0.4, -0.2) is 17.6 Å². The Balaban J connectivity index is 3.36. The summed E-state index contributed by atoms with van der Waals surface area (Å²) in [5.74, 6) is -0.00800. The summed E-state index contributed by atoms with van der Waals surface area (Å²) in [4.78, 5) is 11.3. The highest BCUT2D eigenvalue weighted by molar-refractivity contribution is 7.80. The average Bonchev–Trinajstić information content (AvgIpc) is 2.22. The molecule has 0 rings (SSSR count). The molecule has 0 saturated carbocycles. The zero-order valence-electron chi connectivity index (χ0n) is 9.56. The first kappa shape index (κ1) is 14.2. The summed E-state index contributed by atoms with van der Waals surface area (Å²) in [6, 6.07) is 0. The molecular weight excluding hydrogens is 210 g/mol. The molecule has 88 valence electrons. The normalized spacial score (nSPS) is 9.47. The van der Waals surface area contributed by atoms with E-state index in [0.717, 1.165) is 19.4 Å². The molecule has 0 aromatic carbocycles. The first-order valence-corrected chi connectivity index (χ1v) is 5.94. The van der Waals surface area contributed by atoms with Gasteiger partial charge >= 0.3 is 0 Å². The lowest BCUT2D eigenvalue weighted by atomic mass is 10.1. The molecule has 15 heavy (non-hydrogen) atoms. The van der Waals surface area contributed by atoms with Crippen LogP contribution in [0.5, 0.6) is 0 Å². The van der Waals surface area contributed by atoms with Gasteiger partial charge in [-0.2, -0.15) is 0 Å². The van der Waals surface area contributed by atoms with Crippen molar-refractivity contribution in [3.05, 3.63) is 0 Å². The van der Waals surface area contributed by atoms with Gasteiger partial charge in [0.05, 0.1) is 0 Å². The van der Waals surface area contributed by atoms with E-state index in [4.69, 9.17) is 12.2 Å². The van der Waals surface area contributed by atoms with E-state index in [1.54, 1.807) is 0 Å². The largest absolute Gasteiger partial charge is 0.362 e. The number of unbranched alkanes of at least 4 members (excludes halogenated alkanes) is 3. The Hall–Kier alpha value is -0.840. The van der Waals surface area contributed by atoms with Gasteiger partial charge in [0, 0.05) is 13.0 Å². The summed E-state index contributed by atoms with van der Waals surface area (Å²) in [5.41, 5.74) is 5.20. The van der Waals surface area contributed by atoms with Crippen LogP contribution < -0.4 is 16.2 Å². The molecule has 0 unspecified atom stereocenters. The monoisotopic (exact) mass is 231 g/mol. The smallest absolute Gasteiger partial charge is 0.238 e. The number of carbonyl (C=O) groups excluding carboxylic acids is 1. The number of hydrogen-bond acceptors (Lipinski definition) is 2. The molecule has 3 N–H and O–H groups in total. The number of carbonyl (C=O) groups is 1. The van der Waals surface area contributed by atoms with Gasteiger partial charge in [-0.05, 0) is 25.6 Å². The molecule has 4 nitrogen and oxygen atoms in total. The highest BCUT2D eigenvalue weighted by Crippen LogP contribution is 2.01. The van der Waals surface area contributed by atoms with Crippen LogP contribution in [0.15, 0.2) is 0 Å². The number of amides is 1. The second kappa shape index (κ2) is 9.71. The lowest BCUT2D eigenvalue weighted by molar-refractivity contribution is -0.121. The molecule has 0 saturated heterocycles. The summed E-state index contributed by atoms with van der Waals surface area (Å²) >= 11 is 4.89. The fraction of sp³-hybridized carbons (Fsp3) is 0.800. The number of hydrazine groups is 1. The zero-order chi connectivity index (χ0) is 11.5. The van der Waals surface area contributed by atoms with Crippen molar-refractivity contribution in [2.45, 2.75) is 46.0 Å². The van der Waals surface area contributed by atoms with Crippen molar-refractivity contribution in [3.8, 4) is 0 Å². The highest BCUT2D eigenvalue weighted by atomic mass is 32.1. The third kappa shape index (κ3) is 9.46. The number of rotatable bonds is 6. The van der Waals surface area contributed by atoms with Crippen molar-refractivity contribution in [1.82, 2.24) is 16.2 Å². The Morgan fingerprint density at radius 1 is 1.13 bits per heavy atom. The third-order valence-electron chi connectivity index (χ3n) is 1.91. The summed E-state index contributed by atoms with van der Waals surface area (Å²) < 4.78 is 0. The van der Waals surface area contributed by atoms with E-state index in [9.17, 15) is 4.79 Å². The van der Waals surface area contributed by atoms with Crippen molar-refractivity contribution < 1.29 is 4.79 Å². The maximum Gasteiger partial charge on any atom is 0.238 e. The van der Waals surface area contributed by atoms with Crippen LogP contribution in [0.4, 0.5) is 0 Å². The summed E-state index contributed by atoms with van der Waals surface area (Å²) in [5, 5.41) is 3.34. The molecule has 0 fully saturated rings. The van der Waals surface area contributed by atoms with E-state index < -0.39 is 0 Å². The van der Waals surface area contributed by atoms with Gasteiger partial charge in [0.25, 0.3) is 0 Å². The molecule has 0 aliphatic carbocycles. The Bertz CT molecular complexity index is 197. The summed E-state index contributed by atoms with van der Waals surface area (Å²) in [6.07, 6.45) is 4.99. The van der Waals surface area contributed by atoms with Crippen molar-refractivity contribution >= 4 is 23.2 Å².